The lowest BCUT2D eigenvalue weighted by molar-refractivity contribution is -0.387. The topological polar surface area (TPSA) is 102 Å². The van der Waals surface area contributed by atoms with Gasteiger partial charge in [-0.05, 0) is 36.4 Å². The number of hydrogen-bond donors (Lipinski definition) is 2. The largest absolute Gasteiger partial charge is 0.409 e. The van der Waals surface area contributed by atoms with Crippen molar-refractivity contribution in [1.82, 2.24) is 0 Å². The first-order chi connectivity index (χ1) is 10.0. The maximum Gasteiger partial charge on any atom is 0.283 e. The van der Waals surface area contributed by atoms with Crippen LogP contribution in [0.3, 0.4) is 0 Å². The highest BCUT2D eigenvalue weighted by Crippen LogP contribution is 2.35. The van der Waals surface area contributed by atoms with Crippen molar-refractivity contribution in [3.05, 3.63) is 63.2 Å². The summed E-state index contributed by atoms with van der Waals surface area (Å²) < 4.78 is 0. The van der Waals surface area contributed by atoms with Gasteiger partial charge >= 0.3 is 0 Å². The molecule has 0 bridgehead atoms. The number of benzene rings is 2. The zero-order valence-electron chi connectivity index (χ0n) is 10.6. The Morgan fingerprint density at radius 2 is 1.95 bits per heavy atom. The molecule has 0 saturated heterocycles. The third-order valence-electron chi connectivity index (χ3n) is 2.60. The number of halogens is 1. The highest BCUT2D eigenvalue weighted by Gasteiger charge is 2.17. The van der Waals surface area contributed by atoms with E-state index in [0.717, 1.165) is 4.90 Å². The van der Waals surface area contributed by atoms with Crippen LogP contribution in [-0.2, 0) is 0 Å². The molecule has 0 unspecified atom stereocenters. The van der Waals surface area contributed by atoms with Gasteiger partial charge in [-0.1, -0.05) is 28.5 Å². The Morgan fingerprint density at radius 1 is 1.29 bits per heavy atom. The van der Waals surface area contributed by atoms with E-state index < -0.39 is 4.92 Å². The monoisotopic (exact) mass is 323 g/mol. The summed E-state index contributed by atoms with van der Waals surface area (Å²) in [4.78, 5) is 11.9. The van der Waals surface area contributed by atoms with Crippen LogP contribution in [0.1, 0.15) is 5.56 Å². The van der Waals surface area contributed by atoms with Gasteiger partial charge in [-0.15, -0.1) is 0 Å². The van der Waals surface area contributed by atoms with Crippen LogP contribution < -0.4 is 5.73 Å². The predicted molar refractivity (Wildman–Crippen MR) is 81.2 cm³/mol. The summed E-state index contributed by atoms with van der Waals surface area (Å²) in [6, 6.07) is 11.3. The minimum atomic E-state index is -0.508. The van der Waals surface area contributed by atoms with E-state index in [2.05, 4.69) is 5.16 Å². The molecule has 0 radical (unpaired) electrons. The van der Waals surface area contributed by atoms with Crippen LogP contribution in [0, 0.1) is 10.1 Å². The Kier molecular flexibility index (Phi) is 4.66. The Balaban J connectivity index is 2.39. The number of oxime groups is 1. The second-order valence-corrected chi connectivity index (χ2v) is 5.53. The number of nitrogens with zero attached hydrogens (tertiary/aromatic N) is 2. The third-order valence-corrected chi connectivity index (χ3v) is 3.93. The fraction of sp³-hybridized carbons (Fsp3) is 0. The quantitative estimate of drug-likeness (QED) is 0.295. The van der Waals surface area contributed by atoms with Gasteiger partial charge in [0.1, 0.15) is 0 Å². The number of nitro groups is 1. The van der Waals surface area contributed by atoms with Crippen molar-refractivity contribution in [2.24, 2.45) is 10.9 Å². The van der Waals surface area contributed by atoms with Crippen LogP contribution in [0.4, 0.5) is 5.69 Å². The zero-order valence-corrected chi connectivity index (χ0v) is 12.1. The highest BCUT2D eigenvalue weighted by molar-refractivity contribution is 7.99. The van der Waals surface area contributed by atoms with E-state index in [4.69, 9.17) is 22.5 Å². The lowest BCUT2D eigenvalue weighted by Crippen LogP contribution is -2.13. The van der Waals surface area contributed by atoms with Gasteiger partial charge in [-0.25, -0.2) is 0 Å². The zero-order chi connectivity index (χ0) is 15.4. The average molecular weight is 324 g/mol. The van der Waals surface area contributed by atoms with E-state index in [1.807, 2.05) is 0 Å². The molecule has 0 aliphatic heterocycles. The molecule has 0 saturated carbocycles. The van der Waals surface area contributed by atoms with Gasteiger partial charge in [0.25, 0.3) is 5.69 Å². The average Bonchev–Trinajstić information content (AvgIpc) is 2.49. The highest BCUT2D eigenvalue weighted by atomic mass is 35.5. The van der Waals surface area contributed by atoms with Crippen LogP contribution in [0.15, 0.2) is 57.4 Å². The summed E-state index contributed by atoms with van der Waals surface area (Å²) in [7, 11) is 0. The Labute approximate surface area is 129 Å². The van der Waals surface area contributed by atoms with E-state index in [1.165, 1.54) is 17.8 Å². The third kappa shape index (κ3) is 3.65. The lowest BCUT2D eigenvalue weighted by Gasteiger charge is -2.05. The van der Waals surface area contributed by atoms with Crippen molar-refractivity contribution in [1.29, 1.82) is 0 Å². The molecular weight excluding hydrogens is 314 g/mol. The molecule has 21 heavy (non-hydrogen) atoms. The molecule has 8 heteroatoms. The second kappa shape index (κ2) is 6.47. The maximum atomic E-state index is 11.2. The fourth-order valence-electron chi connectivity index (χ4n) is 1.59. The van der Waals surface area contributed by atoms with Gasteiger partial charge < -0.3 is 10.9 Å². The summed E-state index contributed by atoms with van der Waals surface area (Å²) in [5.74, 6) is -0.179. The van der Waals surface area contributed by atoms with Crippen molar-refractivity contribution in [3.63, 3.8) is 0 Å². The van der Waals surface area contributed by atoms with Crippen molar-refractivity contribution >= 4 is 34.9 Å². The molecular formula is C13H10ClN3O3S. The molecule has 0 atom stereocenters. The van der Waals surface area contributed by atoms with E-state index in [1.54, 1.807) is 36.4 Å². The molecule has 0 aliphatic rings. The summed E-state index contributed by atoms with van der Waals surface area (Å²) in [5.41, 5.74) is 5.61. The summed E-state index contributed by atoms with van der Waals surface area (Å²) in [6.07, 6.45) is 0. The first-order valence-electron chi connectivity index (χ1n) is 5.71. The first kappa shape index (κ1) is 15.1. The van der Waals surface area contributed by atoms with Gasteiger partial charge in [0.05, 0.1) is 9.82 Å². The minimum absolute atomic E-state index is 0.112. The molecule has 3 N–H and O–H groups in total. The van der Waals surface area contributed by atoms with E-state index >= 15 is 0 Å². The number of nitrogens with two attached hydrogens (primary N) is 1. The Morgan fingerprint density at radius 3 is 2.52 bits per heavy atom. The van der Waals surface area contributed by atoms with Crippen molar-refractivity contribution in [2.75, 3.05) is 0 Å². The van der Waals surface area contributed by atoms with Crippen molar-refractivity contribution in [3.8, 4) is 0 Å². The summed E-state index contributed by atoms with van der Waals surface area (Å²) in [6.45, 7) is 0. The number of nitro benzene ring substituents is 1. The van der Waals surface area contributed by atoms with Gasteiger partial charge in [0, 0.05) is 21.5 Å². The Hall–Kier alpha value is -2.25. The molecule has 0 aromatic heterocycles. The normalized spacial score (nSPS) is 11.4. The molecule has 2 aromatic rings. The molecule has 0 heterocycles. The lowest BCUT2D eigenvalue weighted by atomic mass is 10.2. The van der Waals surface area contributed by atoms with Crippen LogP contribution in [0.25, 0.3) is 0 Å². The molecule has 2 aromatic carbocycles. The summed E-state index contributed by atoms with van der Waals surface area (Å²) >= 11 is 7.04. The molecule has 0 fully saturated rings. The molecule has 0 spiro atoms. The predicted octanol–water partition coefficient (Wildman–Crippen LogP) is 3.49. The van der Waals surface area contributed by atoms with Crippen molar-refractivity contribution in [2.45, 2.75) is 9.79 Å². The number of hydrogen-bond acceptors (Lipinski definition) is 5. The maximum absolute atomic E-state index is 11.2. The fourth-order valence-corrected chi connectivity index (χ4v) is 2.62. The van der Waals surface area contributed by atoms with E-state index in [-0.39, 0.29) is 17.1 Å². The molecule has 0 aliphatic carbocycles. The Bertz CT molecular complexity index is 704. The van der Waals surface area contributed by atoms with E-state index in [0.29, 0.717) is 9.92 Å². The van der Waals surface area contributed by atoms with Gasteiger partial charge in [0.15, 0.2) is 5.84 Å². The molecule has 2 rings (SSSR count). The van der Waals surface area contributed by atoms with Crippen molar-refractivity contribution < 1.29 is 10.1 Å². The smallest absolute Gasteiger partial charge is 0.283 e. The van der Waals surface area contributed by atoms with Crippen LogP contribution >= 0.6 is 23.4 Å². The molecule has 108 valence electrons. The van der Waals surface area contributed by atoms with Crippen LogP contribution in [0.2, 0.25) is 5.02 Å². The standard InChI is InChI=1S/C13H10ClN3O3S/c14-9-2-4-10(5-3-9)21-12-6-1-8(13(15)16-18)7-11(12)17(19)20/h1-7,18H,(H2,15,16). The summed E-state index contributed by atoms with van der Waals surface area (Å²) in [5, 5.41) is 23.2. The minimum Gasteiger partial charge on any atom is -0.409 e. The SMILES string of the molecule is NC(=NO)c1ccc(Sc2ccc(Cl)cc2)c([N+](=O)[O-])c1. The molecule has 6 nitrogen and oxygen atoms in total. The first-order valence-corrected chi connectivity index (χ1v) is 6.90. The number of amidine groups is 1. The van der Waals surface area contributed by atoms with Crippen LogP contribution in [-0.4, -0.2) is 16.0 Å². The van der Waals surface area contributed by atoms with Crippen LogP contribution in [0.5, 0.6) is 0 Å². The van der Waals surface area contributed by atoms with Gasteiger partial charge in [-0.3, -0.25) is 10.1 Å². The van der Waals surface area contributed by atoms with E-state index in [9.17, 15) is 10.1 Å². The number of rotatable bonds is 4. The second-order valence-electron chi connectivity index (χ2n) is 3.98. The van der Waals surface area contributed by atoms with Gasteiger partial charge in [-0.2, -0.15) is 0 Å². The van der Waals surface area contributed by atoms with Gasteiger partial charge in [0.2, 0.25) is 0 Å². The molecule has 0 amide bonds.